The lowest BCUT2D eigenvalue weighted by molar-refractivity contribution is -0.106. The van der Waals surface area contributed by atoms with E-state index < -0.39 is 0 Å². The third-order valence-electron chi connectivity index (χ3n) is 3.78. The predicted octanol–water partition coefficient (Wildman–Crippen LogP) is 2.55. The van der Waals surface area contributed by atoms with E-state index in [9.17, 15) is 0 Å². The number of aryl methyl sites for hydroxylation is 1. The molecule has 0 fully saturated rings. The number of carbonyl (C=O) groups excluding carboxylic acids is 1. The maximum absolute atomic E-state index is 8.79. The van der Waals surface area contributed by atoms with E-state index >= 15 is 0 Å². The van der Waals surface area contributed by atoms with Crippen molar-refractivity contribution < 1.29 is 19.5 Å². The van der Waals surface area contributed by atoms with E-state index in [1.807, 2.05) is 30.3 Å². The van der Waals surface area contributed by atoms with Gasteiger partial charge in [0.2, 0.25) is 6.41 Å². The summed E-state index contributed by atoms with van der Waals surface area (Å²) in [6.45, 7) is 1.59. The van der Waals surface area contributed by atoms with E-state index in [0.717, 1.165) is 35.5 Å². The fourth-order valence-corrected chi connectivity index (χ4v) is 2.61. The monoisotopic (exact) mass is 356 g/mol. The van der Waals surface area contributed by atoms with Crippen molar-refractivity contribution in [1.82, 2.24) is 5.48 Å². The maximum atomic E-state index is 8.79. The Morgan fingerprint density at radius 1 is 1.23 bits per heavy atom. The van der Waals surface area contributed by atoms with E-state index in [-0.39, 0.29) is 6.41 Å². The minimum Gasteiger partial charge on any atom is -0.494 e. The first kappa shape index (κ1) is 19.5. The molecule has 0 aromatic heterocycles. The van der Waals surface area contributed by atoms with E-state index in [0.29, 0.717) is 19.8 Å². The summed E-state index contributed by atoms with van der Waals surface area (Å²) in [4.78, 5) is 8.58. The maximum Gasteiger partial charge on any atom is 0.204 e. The molecule has 0 aliphatic carbocycles. The smallest absolute Gasteiger partial charge is 0.204 e. The predicted molar refractivity (Wildman–Crippen MR) is 100 cm³/mol. The number of fused-ring (bicyclic) bond motifs is 1. The van der Waals surface area contributed by atoms with E-state index in [1.54, 1.807) is 0 Å². The normalized spacial score (nSPS) is 12.0. The molecule has 1 aliphatic rings. The average molecular weight is 356 g/mol. The number of nitrogens with two attached hydrogens (primary N) is 1. The largest absolute Gasteiger partial charge is 0.494 e. The molecule has 2 aromatic rings. The van der Waals surface area contributed by atoms with Crippen LogP contribution in [0.4, 0.5) is 0 Å². The SMILES string of the molecule is NC=O.ONCC1=Cc2cc(OCCCc3ccccc3)ccc2OC1. The Balaban J connectivity index is 0.000000758. The molecule has 0 unspecified atom stereocenters. The first-order valence-electron chi connectivity index (χ1n) is 8.42. The molecule has 0 atom stereocenters. The number of hydrogen-bond donors (Lipinski definition) is 3. The zero-order chi connectivity index (χ0) is 18.6. The highest BCUT2D eigenvalue weighted by molar-refractivity contribution is 5.64. The summed E-state index contributed by atoms with van der Waals surface area (Å²) in [6.07, 6.45) is 4.27. The minimum absolute atomic E-state index is 0.250. The van der Waals surface area contributed by atoms with Gasteiger partial charge in [-0.1, -0.05) is 30.3 Å². The van der Waals surface area contributed by atoms with Crippen molar-refractivity contribution in [3.05, 3.63) is 65.2 Å². The van der Waals surface area contributed by atoms with Crippen LogP contribution in [-0.2, 0) is 11.2 Å². The summed E-state index contributed by atoms with van der Waals surface area (Å²) in [7, 11) is 0. The van der Waals surface area contributed by atoms with Crippen LogP contribution < -0.4 is 20.7 Å². The molecule has 3 rings (SSSR count). The van der Waals surface area contributed by atoms with Gasteiger partial charge in [-0.2, -0.15) is 0 Å². The Bertz CT molecular complexity index is 717. The van der Waals surface area contributed by atoms with Crippen LogP contribution in [0.3, 0.4) is 0 Å². The second-order valence-electron chi connectivity index (χ2n) is 5.70. The van der Waals surface area contributed by atoms with Gasteiger partial charge in [-0.15, -0.1) is 0 Å². The minimum atomic E-state index is 0.250. The fourth-order valence-electron chi connectivity index (χ4n) is 2.61. The van der Waals surface area contributed by atoms with Gasteiger partial charge in [-0.25, -0.2) is 5.48 Å². The summed E-state index contributed by atoms with van der Waals surface area (Å²) in [5.74, 6) is 1.69. The summed E-state index contributed by atoms with van der Waals surface area (Å²) >= 11 is 0. The Kier molecular flexibility index (Phi) is 8.18. The van der Waals surface area contributed by atoms with Crippen LogP contribution in [0, 0.1) is 0 Å². The molecule has 2 aromatic carbocycles. The molecule has 138 valence electrons. The number of benzene rings is 2. The fraction of sp³-hybridized carbons (Fsp3) is 0.250. The molecule has 0 spiro atoms. The highest BCUT2D eigenvalue weighted by Gasteiger charge is 2.12. The van der Waals surface area contributed by atoms with Gasteiger partial charge in [0.1, 0.15) is 18.1 Å². The van der Waals surface area contributed by atoms with Crippen molar-refractivity contribution >= 4 is 12.5 Å². The molecular weight excluding hydrogens is 332 g/mol. The first-order valence-corrected chi connectivity index (χ1v) is 8.42. The van der Waals surface area contributed by atoms with Crippen LogP contribution in [0.25, 0.3) is 6.08 Å². The van der Waals surface area contributed by atoms with Crippen molar-refractivity contribution in [2.75, 3.05) is 19.8 Å². The number of primary amides is 1. The van der Waals surface area contributed by atoms with Gasteiger partial charge in [0, 0.05) is 12.1 Å². The number of rotatable bonds is 7. The highest BCUT2D eigenvalue weighted by atomic mass is 16.5. The third kappa shape index (κ3) is 6.23. The molecule has 1 amide bonds. The number of hydroxylamine groups is 1. The van der Waals surface area contributed by atoms with Crippen LogP contribution in [0.1, 0.15) is 17.5 Å². The van der Waals surface area contributed by atoms with Crippen LogP contribution >= 0.6 is 0 Å². The van der Waals surface area contributed by atoms with Gasteiger partial charge in [-0.3, -0.25) is 4.79 Å². The van der Waals surface area contributed by atoms with Gasteiger partial charge < -0.3 is 20.4 Å². The second kappa shape index (κ2) is 10.9. The Labute approximate surface area is 153 Å². The van der Waals surface area contributed by atoms with Gasteiger partial charge >= 0.3 is 0 Å². The van der Waals surface area contributed by atoms with E-state index in [4.69, 9.17) is 19.5 Å². The van der Waals surface area contributed by atoms with Crippen molar-refractivity contribution in [3.8, 4) is 11.5 Å². The molecular formula is C20H24N2O4. The van der Waals surface area contributed by atoms with Gasteiger partial charge in [0.25, 0.3) is 0 Å². The molecule has 26 heavy (non-hydrogen) atoms. The molecule has 0 radical (unpaired) electrons. The molecule has 0 saturated heterocycles. The number of amides is 1. The zero-order valence-electron chi connectivity index (χ0n) is 14.6. The highest BCUT2D eigenvalue weighted by Crippen LogP contribution is 2.29. The third-order valence-corrected chi connectivity index (χ3v) is 3.78. The first-order chi connectivity index (χ1) is 12.8. The summed E-state index contributed by atoms with van der Waals surface area (Å²) in [5.41, 5.74) is 9.65. The molecule has 0 bridgehead atoms. The Hall–Kier alpha value is -2.83. The van der Waals surface area contributed by atoms with E-state index in [1.165, 1.54) is 5.56 Å². The number of ether oxygens (including phenoxy) is 2. The molecule has 6 heteroatoms. The Morgan fingerprint density at radius 2 is 2.00 bits per heavy atom. The summed E-state index contributed by atoms with van der Waals surface area (Å²) in [6, 6.07) is 16.3. The lowest BCUT2D eigenvalue weighted by Gasteiger charge is -2.18. The molecule has 0 saturated carbocycles. The van der Waals surface area contributed by atoms with Gasteiger partial charge in [0.15, 0.2) is 0 Å². The lowest BCUT2D eigenvalue weighted by Crippen LogP contribution is -2.18. The molecule has 6 nitrogen and oxygen atoms in total. The van der Waals surface area contributed by atoms with Crippen LogP contribution in [0.15, 0.2) is 54.1 Å². The van der Waals surface area contributed by atoms with Gasteiger partial charge in [0.05, 0.1) is 6.61 Å². The Morgan fingerprint density at radius 3 is 2.73 bits per heavy atom. The molecule has 1 aliphatic heterocycles. The number of carbonyl (C=O) groups is 1. The lowest BCUT2D eigenvalue weighted by atomic mass is 10.1. The topological polar surface area (TPSA) is 93.8 Å². The number of nitrogens with one attached hydrogen (secondary N) is 1. The van der Waals surface area contributed by atoms with Crippen molar-refractivity contribution in [2.24, 2.45) is 5.73 Å². The molecule has 1 heterocycles. The summed E-state index contributed by atoms with van der Waals surface area (Å²) < 4.78 is 11.5. The number of hydrogen-bond acceptors (Lipinski definition) is 5. The van der Waals surface area contributed by atoms with Crippen LogP contribution in [-0.4, -0.2) is 31.4 Å². The summed E-state index contributed by atoms with van der Waals surface area (Å²) in [5, 5.41) is 8.79. The van der Waals surface area contributed by atoms with Crippen LogP contribution in [0.2, 0.25) is 0 Å². The van der Waals surface area contributed by atoms with Crippen LogP contribution in [0.5, 0.6) is 11.5 Å². The standard InChI is InChI=1S/C19H21NO3.CH3NO/c21-20-13-16-11-17-12-18(8-9-19(17)23-14-16)22-10-4-7-15-5-2-1-3-6-15;2-1-3/h1-3,5-6,8-9,11-12,20-21H,4,7,10,13-14H2;1H,(H2,2,3). The molecule has 4 N–H and O–H groups in total. The van der Waals surface area contributed by atoms with Crippen molar-refractivity contribution in [3.63, 3.8) is 0 Å². The average Bonchev–Trinajstić information content (AvgIpc) is 2.67. The van der Waals surface area contributed by atoms with E-state index in [2.05, 4.69) is 35.5 Å². The zero-order valence-corrected chi connectivity index (χ0v) is 14.6. The van der Waals surface area contributed by atoms with Crippen molar-refractivity contribution in [2.45, 2.75) is 12.8 Å². The second-order valence-corrected chi connectivity index (χ2v) is 5.70. The van der Waals surface area contributed by atoms with Gasteiger partial charge in [-0.05, 0) is 48.3 Å². The van der Waals surface area contributed by atoms with Crippen molar-refractivity contribution in [1.29, 1.82) is 0 Å². The quantitative estimate of drug-likeness (QED) is 0.403.